The summed E-state index contributed by atoms with van der Waals surface area (Å²) in [5.74, 6) is -2.20. The highest BCUT2D eigenvalue weighted by molar-refractivity contribution is 5.94. The summed E-state index contributed by atoms with van der Waals surface area (Å²) in [4.78, 5) is 12.5. The maximum absolute atomic E-state index is 13.8. The van der Waals surface area contributed by atoms with Gasteiger partial charge in [-0.05, 0) is 87.7 Å². The Balaban J connectivity index is 1.41. The molecule has 2 N–H and O–H groups in total. The van der Waals surface area contributed by atoms with Gasteiger partial charge in [-0.1, -0.05) is 0 Å². The van der Waals surface area contributed by atoms with Crippen LogP contribution in [0.15, 0.2) is 12.1 Å². The monoisotopic (exact) mass is 380 g/mol. The van der Waals surface area contributed by atoms with Crippen molar-refractivity contribution in [1.29, 1.82) is 0 Å². The minimum atomic E-state index is -1.57. The second-order valence-corrected chi connectivity index (χ2v) is 9.10. The van der Waals surface area contributed by atoms with Crippen molar-refractivity contribution in [2.24, 2.45) is 23.2 Å². The van der Waals surface area contributed by atoms with Gasteiger partial charge in [0.25, 0.3) is 0 Å². The number of rotatable bonds is 5. The van der Waals surface area contributed by atoms with Crippen LogP contribution in [0.25, 0.3) is 0 Å². The highest BCUT2D eigenvalue weighted by Gasteiger charge is 2.53. The molecule has 0 saturated heterocycles. The van der Waals surface area contributed by atoms with Gasteiger partial charge in [-0.15, -0.1) is 0 Å². The molecule has 4 fully saturated rings. The number of nitrogens with one attached hydrogen (secondary N) is 2. The molecule has 6 heteroatoms. The Kier molecular flexibility index (Phi) is 4.73. The van der Waals surface area contributed by atoms with E-state index in [-0.39, 0.29) is 17.1 Å². The van der Waals surface area contributed by atoms with Crippen molar-refractivity contribution in [2.45, 2.75) is 64.5 Å². The lowest BCUT2D eigenvalue weighted by Crippen LogP contribution is -2.57. The lowest BCUT2D eigenvalue weighted by atomic mass is 9.48. The maximum Gasteiger partial charge on any atom is 0.241 e. The van der Waals surface area contributed by atoms with Crippen molar-refractivity contribution in [3.63, 3.8) is 0 Å². The van der Waals surface area contributed by atoms with Gasteiger partial charge in [0.15, 0.2) is 17.5 Å². The molecule has 5 rings (SSSR count). The van der Waals surface area contributed by atoms with Gasteiger partial charge in [-0.25, -0.2) is 13.2 Å². The summed E-state index contributed by atoms with van der Waals surface area (Å²) in [7, 11) is 0. The summed E-state index contributed by atoms with van der Waals surface area (Å²) in [5.41, 5.74) is -0.0914. The molecule has 0 unspecified atom stereocenters. The normalized spacial score (nSPS) is 33.7. The fraction of sp³-hybridized carbons (Fsp3) is 0.667. The smallest absolute Gasteiger partial charge is 0.241 e. The third kappa shape index (κ3) is 3.37. The number of carbonyl (C=O) groups is 1. The van der Waals surface area contributed by atoms with E-state index in [0.29, 0.717) is 0 Å². The highest BCUT2D eigenvalue weighted by atomic mass is 19.2. The quantitative estimate of drug-likeness (QED) is 0.732. The lowest BCUT2D eigenvalue weighted by Gasteiger charge is -2.59. The Morgan fingerprint density at radius 1 is 1.00 bits per heavy atom. The molecular weight excluding hydrogens is 353 g/mol. The maximum atomic E-state index is 13.8. The molecule has 0 heterocycles. The van der Waals surface area contributed by atoms with E-state index in [1.165, 1.54) is 38.5 Å². The van der Waals surface area contributed by atoms with Crippen LogP contribution in [0.4, 0.5) is 18.9 Å². The zero-order chi connectivity index (χ0) is 19.3. The summed E-state index contributed by atoms with van der Waals surface area (Å²) >= 11 is 0. The zero-order valence-electron chi connectivity index (χ0n) is 15.8. The third-order valence-corrected chi connectivity index (χ3v) is 7.19. The van der Waals surface area contributed by atoms with Crippen LogP contribution in [-0.2, 0) is 4.79 Å². The van der Waals surface area contributed by atoms with E-state index in [1.807, 2.05) is 0 Å². The van der Waals surface area contributed by atoms with Crippen LogP contribution >= 0.6 is 0 Å². The Labute approximate surface area is 158 Å². The van der Waals surface area contributed by atoms with Crippen molar-refractivity contribution < 1.29 is 18.0 Å². The molecule has 4 aliphatic carbocycles. The minimum absolute atomic E-state index is 0.182. The Morgan fingerprint density at radius 3 is 2.11 bits per heavy atom. The minimum Gasteiger partial charge on any atom is -0.322 e. The molecule has 0 aromatic heterocycles. The van der Waals surface area contributed by atoms with Crippen molar-refractivity contribution in [1.82, 2.24) is 5.32 Å². The number of hydrogen-bond donors (Lipinski definition) is 2. The molecule has 148 valence electrons. The van der Waals surface area contributed by atoms with Gasteiger partial charge < -0.3 is 10.6 Å². The molecule has 4 saturated carbocycles. The largest absolute Gasteiger partial charge is 0.322 e. The Morgan fingerprint density at radius 2 is 1.56 bits per heavy atom. The average Bonchev–Trinajstić information content (AvgIpc) is 2.61. The molecule has 2 atom stereocenters. The first kappa shape index (κ1) is 18.8. The number of hydrogen-bond acceptors (Lipinski definition) is 2. The molecule has 0 spiro atoms. The van der Waals surface area contributed by atoms with Gasteiger partial charge in [-0.2, -0.15) is 0 Å². The van der Waals surface area contributed by atoms with Gasteiger partial charge >= 0.3 is 0 Å². The van der Waals surface area contributed by atoms with E-state index < -0.39 is 29.4 Å². The summed E-state index contributed by atoms with van der Waals surface area (Å²) in [5, 5.41) is 5.77. The molecular formula is C21H27F3N2O. The van der Waals surface area contributed by atoms with Crippen molar-refractivity contribution in [3.05, 3.63) is 29.6 Å². The summed E-state index contributed by atoms with van der Waals surface area (Å²) in [6.45, 7) is 3.87. The third-order valence-electron chi connectivity index (χ3n) is 7.19. The molecule has 0 aliphatic heterocycles. The Bertz CT molecular complexity index is 716. The van der Waals surface area contributed by atoms with Gasteiger partial charge in [0, 0.05) is 6.04 Å². The van der Waals surface area contributed by atoms with E-state index in [0.717, 1.165) is 29.9 Å². The molecule has 4 bridgehead atoms. The van der Waals surface area contributed by atoms with E-state index in [4.69, 9.17) is 0 Å². The Hall–Kier alpha value is -1.56. The van der Waals surface area contributed by atoms with E-state index in [9.17, 15) is 18.0 Å². The van der Waals surface area contributed by atoms with Gasteiger partial charge in [0.2, 0.25) is 5.91 Å². The first-order valence-corrected chi connectivity index (χ1v) is 9.98. The SMILES string of the molecule is C[C@@H](N[C@H](C)C12CC3CC(CC(C3)C1)C2)C(=O)Nc1ccc(F)c(F)c1F. The van der Waals surface area contributed by atoms with E-state index in [1.54, 1.807) is 6.92 Å². The highest BCUT2D eigenvalue weighted by Crippen LogP contribution is 2.61. The zero-order valence-corrected chi connectivity index (χ0v) is 15.8. The van der Waals surface area contributed by atoms with Gasteiger partial charge in [0.05, 0.1) is 11.7 Å². The van der Waals surface area contributed by atoms with Crippen LogP contribution in [0.1, 0.15) is 52.4 Å². The second kappa shape index (κ2) is 6.80. The summed E-state index contributed by atoms with van der Waals surface area (Å²) in [6, 6.07) is 1.48. The standard InChI is InChI=1S/C21H27F3N2O/c1-11(20(27)26-17-4-3-16(22)18(23)19(17)24)25-12(2)21-8-13-5-14(9-21)7-15(6-13)10-21/h3-4,11-15,25H,5-10H2,1-2H3,(H,26,27)/t11-,12-,13?,14?,15?,21?/m1/s1. The van der Waals surface area contributed by atoms with Crippen LogP contribution in [0.5, 0.6) is 0 Å². The van der Waals surface area contributed by atoms with Crippen molar-refractivity contribution >= 4 is 11.6 Å². The van der Waals surface area contributed by atoms with Crippen molar-refractivity contribution in [2.75, 3.05) is 5.32 Å². The van der Waals surface area contributed by atoms with Crippen LogP contribution in [-0.4, -0.2) is 18.0 Å². The van der Waals surface area contributed by atoms with Crippen LogP contribution in [0, 0.1) is 40.6 Å². The van der Waals surface area contributed by atoms with E-state index in [2.05, 4.69) is 17.6 Å². The number of carbonyl (C=O) groups excluding carboxylic acids is 1. The molecule has 4 aliphatic rings. The fourth-order valence-electron chi connectivity index (χ4n) is 6.20. The first-order chi connectivity index (χ1) is 12.8. The molecule has 1 amide bonds. The van der Waals surface area contributed by atoms with Gasteiger partial charge in [-0.3, -0.25) is 4.79 Å². The lowest BCUT2D eigenvalue weighted by molar-refractivity contribution is -0.119. The van der Waals surface area contributed by atoms with Gasteiger partial charge in [0.1, 0.15) is 0 Å². The summed E-state index contributed by atoms with van der Waals surface area (Å²) < 4.78 is 40.2. The fourth-order valence-corrected chi connectivity index (χ4v) is 6.20. The van der Waals surface area contributed by atoms with E-state index >= 15 is 0 Å². The topological polar surface area (TPSA) is 41.1 Å². The second-order valence-electron chi connectivity index (χ2n) is 9.10. The molecule has 1 aromatic rings. The molecule has 27 heavy (non-hydrogen) atoms. The predicted octanol–water partition coefficient (Wildman–Crippen LogP) is 4.63. The number of benzene rings is 1. The average molecular weight is 380 g/mol. The van der Waals surface area contributed by atoms with Crippen LogP contribution in [0.3, 0.4) is 0 Å². The molecule has 0 radical (unpaired) electrons. The van der Waals surface area contributed by atoms with Crippen molar-refractivity contribution in [3.8, 4) is 0 Å². The number of halogens is 3. The predicted molar refractivity (Wildman–Crippen MR) is 97.6 cm³/mol. The number of amides is 1. The van der Waals surface area contributed by atoms with Crippen LogP contribution in [0.2, 0.25) is 0 Å². The number of anilines is 1. The first-order valence-electron chi connectivity index (χ1n) is 9.98. The molecule has 3 nitrogen and oxygen atoms in total. The molecule has 1 aromatic carbocycles. The summed E-state index contributed by atoms with van der Waals surface area (Å²) in [6.07, 6.45) is 7.74. The van der Waals surface area contributed by atoms with Crippen LogP contribution < -0.4 is 10.6 Å².